The highest BCUT2D eigenvalue weighted by Gasteiger charge is 2.57. The van der Waals surface area contributed by atoms with E-state index in [4.69, 9.17) is 0 Å². The van der Waals surface area contributed by atoms with Crippen molar-refractivity contribution < 1.29 is 9.90 Å². The van der Waals surface area contributed by atoms with Crippen LogP contribution in [0, 0.1) is 16.7 Å². The molecule has 0 saturated carbocycles. The van der Waals surface area contributed by atoms with E-state index < -0.39 is 11.4 Å². The molecule has 0 heterocycles. The van der Waals surface area contributed by atoms with E-state index in [0.717, 1.165) is 38.5 Å². The van der Waals surface area contributed by atoms with Crippen molar-refractivity contribution in [2.45, 2.75) is 311 Å². The molecule has 0 atom stereocenters. The summed E-state index contributed by atoms with van der Waals surface area (Å²) < 4.78 is 0. The predicted octanol–water partition coefficient (Wildman–Crippen LogP) is 19.2. The highest BCUT2D eigenvalue weighted by atomic mass is 16.4. The van der Waals surface area contributed by atoms with Crippen LogP contribution in [0.5, 0.6) is 0 Å². The summed E-state index contributed by atoms with van der Waals surface area (Å²) in [6.45, 7) is 14.0. The van der Waals surface area contributed by atoms with E-state index in [1.807, 2.05) is 0 Å². The van der Waals surface area contributed by atoms with Crippen molar-refractivity contribution >= 4 is 5.97 Å². The van der Waals surface area contributed by atoms with Gasteiger partial charge in [0.05, 0.1) is 5.41 Å². The van der Waals surface area contributed by atoms with Gasteiger partial charge in [-0.05, 0) is 49.9 Å². The normalized spacial score (nSPS) is 12.4. The first kappa shape index (κ1) is 53.5. The molecule has 0 saturated heterocycles. The van der Waals surface area contributed by atoms with Gasteiger partial charge < -0.3 is 5.11 Å². The molecule has 0 spiro atoms. The Morgan fingerprint density at radius 2 is 0.556 bits per heavy atom. The van der Waals surface area contributed by atoms with Crippen LogP contribution in [-0.2, 0) is 4.79 Å². The van der Waals surface area contributed by atoms with E-state index in [1.165, 1.54) is 231 Å². The van der Waals surface area contributed by atoms with E-state index >= 15 is 0 Å². The first-order valence-electron chi connectivity index (χ1n) is 25.7. The van der Waals surface area contributed by atoms with Crippen molar-refractivity contribution in [3.63, 3.8) is 0 Å². The lowest BCUT2D eigenvalue weighted by Crippen LogP contribution is -2.52. The third-order valence-electron chi connectivity index (χ3n) is 13.8. The summed E-state index contributed by atoms with van der Waals surface area (Å²) in [5, 5.41) is 11.9. The molecule has 0 aliphatic carbocycles. The highest BCUT2D eigenvalue weighted by molar-refractivity contribution is 5.76. The average molecular weight is 761 g/mol. The average Bonchev–Trinajstić information content (AvgIpc) is 3.17. The summed E-state index contributed by atoms with van der Waals surface area (Å²) >= 11 is 0. The van der Waals surface area contributed by atoms with Crippen LogP contribution >= 0.6 is 0 Å². The molecule has 324 valence electrons. The Hall–Kier alpha value is -0.530. The van der Waals surface area contributed by atoms with Gasteiger partial charge in [-0.1, -0.05) is 273 Å². The molecule has 0 radical (unpaired) electrons. The van der Waals surface area contributed by atoms with Crippen LogP contribution in [0.25, 0.3) is 0 Å². The van der Waals surface area contributed by atoms with E-state index in [9.17, 15) is 9.90 Å². The molecule has 0 unspecified atom stereocenters. The molecule has 0 aromatic heterocycles. The summed E-state index contributed by atoms with van der Waals surface area (Å²) in [5.41, 5.74) is -0.651. The molecule has 54 heavy (non-hydrogen) atoms. The standard InChI is InChI=1S/C52H104O2/c1-7-13-19-23-27-31-35-39-45-51(49(43-17-11-5)44-18-12-6,46-40-36-32-28-24-20-14-8-2)52(50(53)54,47-41-37-33-29-25-21-15-9-3)48-42-38-34-30-26-22-16-10-4/h49H,7-48H2,1-6H3,(H,53,54). The lowest BCUT2D eigenvalue weighted by atomic mass is 9.48. The second-order valence-electron chi connectivity index (χ2n) is 18.4. The number of hydrogen-bond acceptors (Lipinski definition) is 1. The molecule has 2 heteroatoms. The summed E-state index contributed by atoms with van der Waals surface area (Å²) in [6, 6.07) is 0. The van der Waals surface area contributed by atoms with Crippen LogP contribution in [0.1, 0.15) is 311 Å². The Balaban J connectivity index is 6.65. The Bertz CT molecular complexity index is 709. The van der Waals surface area contributed by atoms with Crippen molar-refractivity contribution in [1.29, 1.82) is 0 Å². The SMILES string of the molecule is CCCCCCCCCCC(CCCCCCCCCC)(C(=O)O)C(CCCCCCCCCC)(CCCCCCCCCC)C(CCCC)CCCC. The Kier molecular flexibility index (Phi) is 38.9. The van der Waals surface area contributed by atoms with Gasteiger partial charge in [0.1, 0.15) is 0 Å². The highest BCUT2D eigenvalue weighted by Crippen LogP contribution is 2.60. The molecule has 0 amide bonds. The van der Waals surface area contributed by atoms with Gasteiger partial charge in [0, 0.05) is 0 Å². The number of unbranched alkanes of at least 4 members (excludes halogenated alkanes) is 30. The van der Waals surface area contributed by atoms with Crippen molar-refractivity contribution in [2.24, 2.45) is 16.7 Å². The molecule has 0 aliphatic heterocycles. The summed E-state index contributed by atoms with van der Waals surface area (Å²) in [6.07, 6.45) is 53.7. The van der Waals surface area contributed by atoms with Crippen LogP contribution in [0.4, 0.5) is 0 Å². The smallest absolute Gasteiger partial charge is 0.310 e. The Labute approximate surface area is 342 Å². The van der Waals surface area contributed by atoms with Crippen molar-refractivity contribution in [1.82, 2.24) is 0 Å². The minimum Gasteiger partial charge on any atom is -0.481 e. The quantitative estimate of drug-likeness (QED) is 0.0628. The minimum absolute atomic E-state index is 0.0736. The maximum atomic E-state index is 14.5. The fraction of sp³-hybridized carbons (Fsp3) is 0.981. The van der Waals surface area contributed by atoms with E-state index in [-0.39, 0.29) is 5.41 Å². The van der Waals surface area contributed by atoms with Crippen LogP contribution in [-0.4, -0.2) is 11.1 Å². The Morgan fingerprint density at radius 1 is 0.333 bits per heavy atom. The van der Waals surface area contributed by atoms with Gasteiger partial charge >= 0.3 is 5.97 Å². The third-order valence-corrected chi connectivity index (χ3v) is 13.8. The van der Waals surface area contributed by atoms with Gasteiger partial charge in [0.2, 0.25) is 0 Å². The lowest BCUT2D eigenvalue weighted by Gasteiger charge is -2.54. The van der Waals surface area contributed by atoms with Crippen molar-refractivity contribution in [2.75, 3.05) is 0 Å². The molecular weight excluding hydrogens is 657 g/mol. The molecule has 0 aromatic rings. The van der Waals surface area contributed by atoms with Gasteiger partial charge in [-0.2, -0.15) is 0 Å². The largest absolute Gasteiger partial charge is 0.481 e. The monoisotopic (exact) mass is 761 g/mol. The zero-order chi connectivity index (χ0) is 39.9. The zero-order valence-corrected chi connectivity index (χ0v) is 38.6. The van der Waals surface area contributed by atoms with Gasteiger partial charge in [0.25, 0.3) is 0 Å². The number of carboxylic acid groups (broad SMARTS) is 1. The summed E-state index contributed by atoms with van der Waals surface area (Å²) in [4.78, 5) is 14.5. The van der Waals surface area contributed by atoms with E-state index in [1.54, 1.807) is 0 Å². The lowest BCUT2D eigenvalue weighted by molar-refractivity contribution is -0.170. The number of hydrogen-bond donors (Lipinski definition) is 1. The third kappa shape index (κ3) is 25.0. The maximum Gasteiger partial charge on any atom is 0.310 e. The van der Waals surface area contributed by atoms with Gasteiger partial charge in [-0.3, -0.25) is 4.79 Å². The topological polar surface area (TPSA) is 37.3 Å². The van der Waals surface area contributed by atoms with E-state index in [2.05, 4.69) is 41.5 Å². The summed E-state index contributed by atoms with van der Waals surface area (Å²) in [5.74, 6) is 0.149. The van der Waals surface area contributed by atoms with Crippen LogP contribution in [0.15, 0.2) is 0 Å². The predicted molar refractivity (Wildman–Crippen MR) is 244 cm³/mol. The number of carboxylic acids is 1. The first-order valence-corrected chi connectivity index (χ1v) is 25.7. The molecule has 0 aromatic carbocycles. The molecule has 1 N–H and O–H groups in total. The fourth-order valence-corrected chi connectivity index (χ4v) is 10.3. The molecule has 0 fully saturated rings. The number of rotatable bonds is 45. The van der Waals surface area contributed by atoms with Crippen LogP contribution < -0.4 is 0 Å². The Morgan fingerprint density at radius 3 is 0.796 bits per heavy atom. The second kappa shape index (κ2) is 39.3. The van der Waals surface area contributed by atoms with Gasteiger partial charge in [-0.25, -0.2) is 0 Å². The molecule has 0 rings (SSSR count). The second-order valence-corrected chi connectivity index (χ2v) is 18.4. The number of carbonyl (C=O) groups is 1. The molecule has 0 aliphatic rings. The summed E-state index contributed by atoms with van der Waals surface area (Å²) in [7, 11) is 0. The fourth-order valence-electron chi connectivity index (χ4n) is 10.3. The molecular formula is C52H104O2. The first-order chi connectivity index (χ1) is 26.5. The van der Waals surface area contributed by atoms with E-state index in [0.29, 0.717) is 5.92 Å². The van der Waals surface area contributed by atoms with Crippen molar-refractivity contribution in [3.8, 4) is 0 Å². The van der Waals surface area contributed by atoms with Crippen LogP contribution in [0.2, 0.25) is 0 Å². The van der Waals surface area contributed by atoms with Crippen molar-refractivity contribution in [3.05, 3.63) is 0 Å². The number of aliphatic carboxylic acids is 1. The van der Waals surface area contributed by atoms with Crippen LogP contribution in [0.3, 0.4) is 0 Å². The molecule has 2 nitrogen and oxygen atoms in total. The zero-order valence-electron chi connectivity index (χ0n) is 38.6. The van der Waals surface area contributed by atoms with Gasteiger partial charge in [0.15, 0.2) is 0 Å². The van der Waals surface area contributed by atoms with Gasteiger partial charge in [-0.15, -0.1) is 0 Å². The molecule has 0 bridgehead atoms. The maximum absolute atomic E-state index is 14.5. The minimum atomic E-state index is -0.578.